The highest BCUT2D eigenvalue weighted by molar-refractivity contribution is 5.93. The molecule has 0 atom stereocenters. The van der Waals surface area contributed by atoms with Crippen LogP contribution in [0.1, 0.15) is 5.56 Å². The molecule has 0 bridgehead atoms. The summed E-state index contributed by atoms with van der Waals surface area (Å²) in [6.07, 6.45) is 1.64. The van der Waals surface area contributed by atoms with Gasteiger partial charge in [-0.25, -0.2) is 4.39 Å². The number of hydrogen-bond acceptors (Lipinski definition) is 4. The van der Waals surface area contributed by atoms with Gasteiger partial charge in [0, 0.05) is 17.3 Å². The zero-order valence-corrected chi connectivity index (χ0v) is 17.4. The van der Waals surface area contributed by atoms with Gasteiger partial charge in [-0.1, -0.05) is 24.8 Å². The van der Waals surface area contributed by atoms with E-state index in [-0.39, 0.29) is 5.43 Å². The van der Waals surface area contributed by atoms with E-state index in [0.717, 1.165) is 11.1 Å². The van der Waals surface area contributed by atoms with Crippen LogP contribution in [-0.4, -0.2) is 25.4 Å². The molecule has 31 heavy (non-hydrogen) atoms. The number of nitrogens with zero attached hydrogens (tertiary/aromatic N) is 1. The summed E-state index contributed by atoms with van der Waals surface area (Å²) in [6, 6.07) is 15.2. The van der Waals surface area contributed by atoms with Gasteiger partial charge >= 0.3 is 0 Å². The molecule has 1 aromatic heterocycles. The molecular weight excluding hydrogens is 397 g/mol. The second-order valence-corrected chi connectivity index (χ2v) is 7.02. The van der Waals surface area contributed by atoms with E-state index in [2.05, 4.69) is 6.58 Å². The van der Waals surface area contributed by atoms with Gasteiger partial charge in [0.15, 0.2) is 16.9 Å². The van der Waals surface area contributed by atoms with Gasteiger partial charge in [0.1, 0.15) is 12.4 Å². The van der Waals surface area contributed by atoms with Crippen molar-refractivity contribution in [3.63, 3.8) is 0 Å². The molecule has 0 N–H and O–H groups in total. The molecule has 3 aromatic carbocycles. The first-order valence-electron chi connectivity index (χ1n) is 9.76. The van der Waals surface area contributed by atoms with Crippen LogP contribution in [-0.2, 0) is 6.54 Å². The summed E-state index contributed by atoms with van der Waals surface area (Å²) in [6.45, 7) is 4.34. The van der Waals surface area contributed by atoms with E-state index in [4.69, 9.17) is 14.2 Å². The molecule has 5 nitrogen and oxygen atoms in total. The van der Waals surface area contributed by atoms with Gasteiger partial charge in [0.2, 0.25) is 5.75 Å². The van der Waals surface area contributed by atoms with Gasteiger partial charge in [-0.3, -0.25) is 4.79 Å². The maximum absolute atomic E-state index is 14.1. The number of halogens is 1. The fraction of sp³-hybridized carbons (Fsp3) is 0.160. The molecule has 1 heterocycles. The van der Waals surface area contributed by atoms with Gasteiger partial charge < -0.3 is 18.8 Å². The maximum atomic E-state index is 14.1. The molecule has 0 saturated heterocycles. The average Bonchev–Trinajstić information content (AvgIpc) is 2.80. The third-order valence-corrected chi connectivity index (χ3v) is 5.14. The SMILES string of the molecule is C=CCOc1c(OC)cc(Cn2c3ccccc3c(=O)c3ccc(F)cc32)cc1OC. The summed E-state index contributed by atoms with van der Waals surface area (Å²) in [7, 11) is 3.11. The Morgan fingerprint density at radius 1 is 0.968 bits per heavy atom. The predicted octanol–water partition coefficient (Wildman–Crippen LogP) is 4.92. The molecule has 0 aliphatic carbocycles. The van der Waals surface area contributed by atoms with E-state index < -0.39 is 5.82 Å². The molecule has 4 aromatic rings. The molecule has 0 fully saturated rings. The number of methoxy groups -OCH3 is 2. The number of benzene rings is 3. The largest absolute Gasteiger partial charge is 0.493 e. The Balaban J connectivity index is 1.94. The van der Waals surface area contributed by atoms with Crippen molar-refractivity contribution in [3.05, 3.63) is 88.9 Å². The van der Waals surface area contributed by atoms with E-state index in [1.807, 2.05) is 34.9 Å². The number of aromatic nitrogens is 1. The molecule has 0 amide bonds. The van der Waals surface area contributed by atoms with Crippen molar-refractivity contribution in [1.29, 1.82) is 0 Å². The van der Waals surface area contributed by atoms with Crippen LogP contribution in [0.3, 0.4) is 0 Å². The standard InChI is InChI=1S/C25H22FNO4/c1-4-11-31-25-22(29-2)12-16(13-23(25)30-3)15-27-20-8-6-5-7-18(20)24(28)19-10-9-17(26)14-21(19)27/h4-10,12-14H,1,11,15H2,2-3H3. The number of rotatable bonds is 7. The summed E-state index contributed by atoms with van der Waals surface area (Å²) in [5, 5.41) is 1.04. The Morgan fingerprint density at radius 3 is 2.32 bits per heavy atom. The lowest BCUT2D eigenvalue weighted by Gasteiger charge is -2.18. The van der Waals surface area contributed by atoms with Gasteiger partial charge in [0.05, 0.1) is 25.3 Å². The highest BCUT2D eigenvalue weighted by atomic mass is 19.1. The molecule has 158 valence electrons. The summed E-state index contributed by atoms with van der Waals surface area (Å²) in [5.41, 5.74) is 1.97. The van der Waals surface area contributed by atoms with E-state index in [0.29, 0.717) is 46.7 Å². The lowest BCUT2D eigenvalue weighted by atomic mass is 10.1. The maximum Gasteiger partial charge on any atom is 0.203 e. The van der Waals surface area contributed by atoms with Crippen LogP contribution >= 0.6 is 0 Å². The van der Waals surface area contributed by atoms with Gasteiger partial charge in [-0.05, 0) is 48.0 Å². The van der Waals surface area contributed by atoms with Gasteiger partial charge in [0.25, 0.3) is 0 Å². The molecule has 4 rings (SSSR count). The van der Waals surface area contributed by atoms with Crippen LogP contribution in [0.2, 0.25) is 0 Å². The van der Waals surface area contributed by atoms with Crippen LogP contribution in [0, 0.1) is 5.82 Å². The number of para-hydroxylation sites is 1. The lowest BCUT2D eigenvalue weighted by Crippen LogP contribution is -2.12. The fourth-order valence-electron chi connectivity index (χ4n) is 3.76. The quantitative estimate of drug-likeness (QED) is 0.315. The minimum Gasteiger partial charge on any atom is -0.493 e. The molecule has 0 spiro atoms. The summed E-state index contributed by atoms with van der Waals surface area (Å²) >= 11 is 0. The normalized spacial score (nSPS) is 10.9. The number of pyridine rings is 1. The molecule has 0 radical (unpaired) electrons. The highest BCUT2D eigenvalue weighted by Crippen LogP contribution is 2.39. The number of hydrogen-bond donors (Lipinski definition) is 0. The van der Waals surface area contributed by atoms with Crippen molar-refractivity contribution in [2.45, 2.75) is 6.54 Å². The zero-order chi connectivity index (χ0) is 22.0. The zero-order valence-electron chi connectivity index (χ0n) is 17.4. The molecule has 0 aliphatic rings. The lowest BCUT2D eigenvalue weighted by molar-refractivity contribution is 0.300. The van der Waals surface area contributed by atoms with E-state index in [9.17, 15) is 9.18 Å². The average molecular weight is 419 g/mol. The number of fused-ring (bicyclic) bond motifs is 2. The first-order chi connectivity index (χ1) is 15.1. The molecular formula is C25H22FNO4. The Kier molecular flexibility index (Phi) is 5.62. The fourth-order valence-corrected chi connectivity index (χ4v) is 3.76. The van der Waals surface area contributed by atoms with E-state index in [1.54, 1.807) is 26.4 Å². The van der Waals surface area contributed by atoms with Crippen LogP contribution in [0.25, 0.3) is 21.8 Å². The second kappa shape index (κ2) is 8.52. The summed E-state index contributed by atoms with van der Waals surface area (Å²) in [4.78, 5) is 12.9. The molecule has 0 unspecified atom stereocenters. The Morgan fingerprint density at radius 2 is 1.65 bits per heavy atom. The van der Waals surface area contributed by atoms with Crippen molar-refractivity contribution >= 4 is 21.8 Å². The first kappa shape index (κ1) is 20.5. The highest BCUT2D eigenvalue weighted by Gasteiger charge is 2.16. The van der Waals surface area contributed by atoms with Crippen molar-refractivity contribution in [1.82, 2.24) is 4.57 Å². The van der Waals surface area contributed by atoms with Crippen molar-refractivity contribution < 1.29 is 18.6 Å². The molecule has 0 saturated carbocycles. The van der Waals surface area contributed by atoms with Crippen LogP contribution in [0.15, 0.2) is 72.0 Å². The van der Waals surface area contributed by atoms with Crippen LogP contribution < -0.4 is 19.6 Å². The Labute approximate surface area is 178 Å². The van der Waals surface area contributed by atoms with Crippen molar-refractivity contribution in [3.8, 4) is 17.2 Å². The van der Waals surface area contributed by atoms with Gasteiger partial charge in [-0.15, -0.1) is 0 Å². The minimum atomic E-state index is -0.403. The Bertz CT molecular complexity index is 1320. The molecule has 0 aliphatic heterocycles. The molecule has 6 heteroatoms. The summed E-state index contributed by atoms with van der Waals surface area (Å²) in [5.74, 6) is 1.10. The predicted molar refractivity (Wildman–Crippen MR) is 120 cm³/mol. The monoisotopic (exact) mass is 419 g/mol. The second-order valence-electron chi connectivity index (χ2n) is 7.02. The van der Waals surface area contributed by atoms with Gasteiger partial charge in [-0.2, -0.15) is 0 Å². The third kappa shape index (κ3) is 3.72. The van der Waals surface area contributed by atoms with Crippen molar-refractivity contribution in [2.24, 2.45) is 0 Å². The topological polar surface area (TPSA) is 49.7 Å². The Hall–Kier alpha value is -3.80. The smallest absolute Gasteiger partial charge is 0.203 e. The van der Waals surface area contributed by atoms with E-state index in [1.165, 1.54) is 18.2 Å². The summed E-state index contributed by atoms with van der Waals surface area (Å²) < 4.78 is 32.8. The third-order valence-electron chi connectivity index (χ3n) is 5.14. The van der Waals surface area contributed by atoms with E-state index >= 15 is 0 Å². The first-order valence-corrected chi connectivity index (χ1v) is 9.76. The van der Waals surface area contributed by atoms with Crippen LogP contribution in [0.4, 0.5) is 4.39 Å². The number of ether oxygens (including phenoxy) is 3. The van der Waals surface area contributed by atoms with Crippen LogP contribution in [0.5, 0.6) is 17.2 Å². The van der Waals surface area contributed by atoms with Crippen molar-refractivity contribution in [2.75, 3.05) is 20.8 Å². The minimum absolute atomic E-state index is 0.120.